The predicted molar refractivity (Wildman–Crippen MR) is 81.4 cm³/mol. The fraction of sp³-hybridized carbons (Fsp3) is 0.867. The van der Waals surface area contributed by atoms with Crippen LogP contribution in [0.4, 0.5) is 0 Å². The summed E-state index contributed by atoms with van der Waals surface area (Å²) in [5, 5.41) is 2.98. The highest BCUT2D eigenvalue weighted by Crippen LogP contribution is 2.26. The fourth-order valence-corrected chi connectivity index (χ4v) is 2.64. The Hall–Kier alpha value is -1.26. The van der Waals surface area contributed by atoms with E-state index in [9.17, 15) is 4.79 Å². The lowest BCUT2D eigenvalue weighted by Gasteiger charge is -2.31. The zero-order valence-electron chi connectivity index (χ0n) is 12.6. The van der Waals surface area contributed by atoms with Gasteiger partial charge in [0.15, 0.2) is 5.96 Å². The minimum Gasteiger partial charge on any atom is -0.370 e. The molecule has 2 aliphatic rings. The SMILES string of the molecule is CC1CCN(C(N)=NCCCNC(=O)C2CCC2)CC1. The minimum atomic E-state index is 0.221. The molecule has 1 aliphatic carbocycles. The summed E-state index contributed by atoms with van der Waals surface area (Å²) in [7, 11) is 0. The highest BCUT2D eigenvalue weighted by molar-refractivity contribution is 5.79. The van der Waals surface area contributed by atoms with Crippen molar-refractivity contribution in [1.82, 2.24) is 10.2 Å². The van der Waals surface area contributed by atoms with Crippen LogP contribution < -0.4 is 11.1 Å². The number of carbonyl (C=O) groups excluding carboxylic acids is 1. The van der Waals surface area contributed by atoms with E-state index < -0.39 is 0 Å². The maximum Gasteiger partial charge on any atom is 0.223 e. The minimum absolute atomic E-state index is 0.221. The van der Waals surface area contributed by atoms with E-state index in [0.29, 0.717) is 19.0 Å². The van der Waals surface area contributed by atoms with Gasteiger partial charge in [0.1, 0.15) is 0 Å². The number of piperidine rings is 1. The van der Waals surface area contributed by atoms with Gasteiger partial charge in [-0.3, -0.25) is 9.79 Å². The summed E-state index contributed by atoms with van der Waals surface area (Å²) >= 11 is 0. The monoisotopic (exact) mass is 280 g/mol. The molecule has 0 aromatic heterocycles. The number of amides is 1. The number of likely N-dealkylation sites (tertiary alicyclic amines) is 1. The molecule has 2 rings (SSSR count). The molecule has 5 heteroatoms. The van der Waals surface area contributed by atoms with E-state index in [2.05, 4.69) is 22.1 Å². The third-order valence-corrected chi connectivity index (χ3v) is 4.49. The summed E-state index contributed by atoms with van der Waals surface area (Å²) in [6.07, 6.45) is 6.59. The van der Waals surface area contributed by atoms with Crippen LogP contribution >= 0.6 is 0 Å². The summed E-state index contributed by atoms with van der Waals surface area (Å²) < 4.78 is 0. The largest absolute Gasteiger partial charge is 0.370 e. The third kappa shape index (κ3) is 4.39. The van der Waals surface area contributed by atoms with Gasteiger partial charge in [0.05, 0.1) is 0 Å². The van der Waals surface area contributed by atoms with E-state index in [1.54, 1.807) is 0 Å². The normalized spacial score (nSPS) is 21.6. The number of nitrogens with zero attached hydrogens (tertiary/aromatic N) is 2. The second-order valence-corrected chi connectivity index (χ2v) is 6.18. The molecule has 1 saturated heterocycles. The van der Waals surface area contributed by atoms with Crippen molar-refractivity contribution >= 4 is 11.9 Å². The zero-order valence-corrected chi connectivity index (χ0v) is 12.6. The van der Waals surface area contributed by atoms with E-state index in [0.717, 1.165) is 38.3 Å². The number of guanidine groups is 1. The maximum absolute atomic E-state index is 11.6. The highest BCUT2D eigenvalue weighted by Gasteiger charge is 2.24. The molecule has 20 heavy (non-hydrogen) atoms. The molecule has 1 amide bonds. The number of aliphatic imine (C=N–C) groups is 1. The van der Waals surface area contributed by atoms with E-state index in [1.807, 2.05) is 0 Å². The van der Waals surface area contributed by atoms with Crippen molar-refractivity contribution in [3.8, 4) is 0 Å². The van der Waals surface area contributed by atoms with Crippen molar-refractivity contribution in [2.75, 3.05) is 26.2 Å². The number of hydrogen-bond acceptors (Lipinski definition) is 2. The Bertz CT molecular complexity index is 344. The molecule has 1 aliphatic heterocycles. The molecule has 0 unspecified atom stereocenters. The van der Waals surface area contributed by atoms with Crippen LogP contribution in [-0.4, -0.2) is 42.9 Å². The highest BCUT2D eigenvalue weighted by atomic mass is 16.1. The lowest BCUT2D eigenvalue weighted by molar-refractivity contribution is -0.127. The van der Waals surface area contributed by atoms with Crippen LogP contribution in [0.1, 0.15) is 45.4 Å². The topological polar surface area (TPSA) is 70.7 Å². The third-order valence-electron chi connectivity index (χ3n) is 4.49. The van der Waals surface area contributed by atoms with E-state index in [-0.39, 0.29) is 11.8 Å². The molecule has 114 valence electrons. The van der Waals surface area contributed by atoms with Gasteiger partial charge < -0.3 is 16.0 Å². The summed E-state index contributed by atoms with van der Waals surface area (Å²) in [6.45, 7) is 5.74. The average molecular weight is 280 g/mol. The van der Waals surface area contributed by atoms with E-state index in [4.69, 9.17) is 5.73 Å². The van der Waals surface area contributed by atoms with Gasteiger partial charge in [0.2, 0.25) is 5.91 Å². The lowest BCUT2D eigenvalue weighted by Crippen LogP contribution is -2.42. The summed E-state index contributed by atoms with van der Waals surface area (Å²) in [5.74, 6) is 1.97. The first kappa shape index (κ1) is 15.1. The molecule has 1 heterocycles. The standard InChI is InChI=1S/C15H28N4O/c1-12-6-10-19(11-7-12)15(16)18-9-3-8-17-14(20)13-4-2-5-13/h12-13H,2-11H2,1H3,(H2,16,18)(H,17,20). The van der Waals surface area contributed by atoms with Gasteiger partial charge in [-0.25, -0.2) is 0 Å². The molecular weight excluding hydrogens is 252 g/mol. The van der Waals surface area contributed by atoms with Gasteiger partial charge >= 0.3 is 0 Å². The smallest absolute Gasteiger partial charge is 0.223 e. The van der Waals surface area contributed by atoms with Crippen LogP contribution in [0.5, 0.6) is 0 Å². The Labute approximate surface area is 122 Å². The molecule has 5 nitrogen and oxygen atoms in total. The van der Waals surface area contributed by atoms with Gasteiger partial charge in [-0.2, -0.15) is 0 Å². The average Bonchev–Trinajstić information content (AvgIpc) is 2.37. The van der Waals surface area contributed by atoms with Crippen molar-refractivity contribution in [2.45, 2.75) is 45.4 Å². The van der Waals surface area contributed by atoms with Gasteiger partial charge in [-0.1, -0.05) is 13.3 Å². The molecule has 3 N–H and O–H groups in total. The van der Waals surface area contributed by atoms with Crippen LogP contribution in [0.3, 0.4) is 0 Å². The second-order valence-electron chi connectivity index (χ2n) is 6.18. The van der Waals surface area contributed by atoms with E-state index in [1.165, 1.54) is 19.3 Å². The van der Waals surface area contributed by atoms with Crippen molar-refractivity contribution < 1.29 is 4.79 Å². The zero-order chi connectivity index (χ0) is 14.4. The van der Waals surface area contributed by atoms with Crippen molar-refractivity contribution in [2.24, 2.45) is 22.6 Å². The van der Waals surface area contributed by atoms with E-state index >= 15 is 0 Å². The first-order valence-corrected chi connectivity index (χ1v) is 7.99. The molecule has 0 atom stereocenters. The molecule has 2 fully saturated rings. The summed E-state index contributed by atoms with van der Waals surface area (Å²) in [5.41, 5.74) is 6.00. The van der Waals surface area contributed by atoms with Crippen molar-refractivity contribution in [3.05, 3.63) is 0 Å². The second kappa shape index (κ2) is 7.50. The number of nitrogens with one attached hydrogen (secondary N) is 1. The summed E-state index contributed by atoms with van der Waals surface area (Å²) in [4.78, 5) is 18.2. The number of hydrogen-bond donors (Lipinski definition) is 2. The van der Waals surface area contributed by atoms with Crippen molar-refractivity contribution in [1.29, 1.82) is 0 Å². The van der Waals surface area contributed by atoms with Gasteiger partial charge in [-0.15, -0.1) is 0 Å². The van der Waals surface area contributed by atoms with Gasteiger partial charge in [0, 0.05) is 32.1 Å². The Morgan fingerprint density at radius 2 is 2.00 bits per heavy atom. The van der Waals surface area contributed by atoms with Crippen LogP contribution in [0.2, 0.25) is 0 Å². The number of carbonyl (C=O) groups is 1. The molecule has 0 spiro atoms. The van der Waals surface area contributed by atoms with Crippen LogP contribution in [0.15, 0.2) is 4.99 Å². The van der Waals surface area contributed by atoms with Gasteiger partial charge in [0.25, 0.3) is 0 Å². The fourth-order valence-electron chi connectivity index (χ4n) is 2.64. The number of rotatable bonds is 5. The quantitative estimate of drug-likeness (QED) is 0.453. The molecule has 0 aromatic carbocycles. The maximum atomic E-state index is 11.6. The lowest BCUT2D eigenvalue weighted by atomic mass is 9.85. The molecule has 0 radical (unpaired) electrons. The Morgan fingerprint density at radius 1 is 1.30 bits per heavy atom. The van der Waals surface area contributed by atoms with Crippen LogP contribution in [0, 0.1) is 11.8 Å². The molecule has 0 aromatic rings. The Balaban J connectivity index is 1.56. The molecule has 1 saturated carbocycles. The summed E-state index contributed by atoms with van der Waals surface area (Å²) in [6, 6.07) is 0. The van der Waals surface area contributed by atoms with Crippen LogP contribution in [-0.2, 0) is 4.79 Å². The first-order valence-electron chi connectivity index (χ1n) is 7.99. The number of nitrogens with two attached hydrogens (primary N) is 1. The van der Waals surface area contributed by atoms with Crippen LogP contribution in [0.25, 0.3) is 0 Å². The Morgan fingerprint density at radius 3 is 2.60 bits per heavy atom. The molecule has 0 bridgehead atoms. The first-order chi connectivity index (χ1) is 9.66. The van der Waals surface area contributed by atoms with Crippen molar-refractivity contribution in [3.63, 3.8) is 0 Å². The van der Waals surface area contributed by atoms with Gasteiger partial charge in [-0.05, 0) is 38.0 Å². The Kier molecular flexibility index (Phi) is 5.68. The molecular formula is C15H28N4O. The predicted octanol–water partition coefficient (Wildman–Crippen LogP) is 1.34.